The first-order valence-corrected chi connectivity index (χ1v) is 8.96. The van der Waals surface area contributed by atoms with E-state index in [1.54, 1.807) is 30.6 Å². The number of piperazine rings is 1. The molecule has 0 aromatic heterocycles. The van der Waals surface area contributed by atoms with Crippen LogP contribution in [0.1, 0.15) is 31.9 Å². The van der Waals surface area contributed by atoms with Gasteiger partial charge in [-0.25, -0.2) is 4.79 Å². The Labute approximate surface area is 164 Å². The molecule has 8 heteroatoms. The fourth-order valence-electron chi connectivity index (χ4n) is 2.71. The van der Waals surface area contributed by atoms with Crippen LogP contribution in [0.3, 0.4) is 0 Å². The maximum atomic E-state index is 12.5. The number of aliphatic hydroxyl groups is 1. The van der Waals surface area contributed by atoms with Gasteiger partial charge in [0.05, 0.1) is 18.2 Å². The van der Waals surface area contributed by atoms with Crippen LogP contribution in [0.2, 0.25) is 0 Å². The summed E-state index contributed by atoms with van der Waals surface area (Å²) < 4.78 is 5.33. The molecule has 2 amide bonds. The molecule has 1 heterocycles. The van der Waals surface area contributed by atoms with Crippen LogP contribution in [-0.4, -0.2) is 63.8 Å². The summed E-state index contributed by atoms with van der Waals surface area (Å²) in [6, 6.07) is 6.33. The number of hydrogen-bond acceptors (Lipinski definition) is 6. The molecule has 1 saturated heterocycles. The van der Waals surface area contributed by atoms with E-state index in [4.69, 9.17) is 4.74 Å². The van der Waals surface area contributed by atoms with E-state index in [9.17, 15) is 25.1 Å². The highest BCUT2D eigenvalue weighted by Crippen LogP contribution is 2.23. The van der Waals surface area contributed by atoms with Crippen molar-refractivity contribution < 1.29 is 24.5 Å². The molecule has 0 aliphatic carbocycles. The van der Waals surface area contributed by atoms with E-state index < -0.39 is 11.7 Å². The standard InChI is InChI=1S/C20H25N3O5/c1-20(2,3)28-19(27)23-8-6-22(7-9-23)18(26)11-15(12-21)14-4-5-17(25)16(10-14)13-24/h4-5,10-11,24-25H,6-9,13H2,1-3H3. The second-order valence-electron chi connectivity index (χ2n) is 7.46. The maximum absolute atomic E-state index is 12.5. The van der Waals surface area contributed by atoms with E-state index in [0.717, 1.165) is 0 Å². The number of aromatic hydroxyl groups is 1. The number of hydrogen-bond donors (Lipinski definition) is 2. The Balaban J connectivity index is 2.04. The van der Waals surface area contributed by atoms with Gasteiger partial charge in [-0.2, -0.15) is 5.26 Å². The molecule has 1 aromatic carbocycles. The van der Waals surface area contributed by atoms with Crippen molar-refractivity contribution in [1.82, 2.24) is 9.80 Å². The first-order valence-electron chi connectivity index (χ1n) is 8.96. The van der Waals surface area contributed by atoms with Gasteiger partial charge in [-0.05, 0) is 44.5 Å². The quantitative estimate of drug-likeness (QED) is 0.604. The van der Waals surface area contributed by atoms with Gasteiger partial charge in [-0.3, -0.25) is 4.79 Å². The number of nitrogens with zero attached hydrogens (tertiary/aromatic N) is 3. The first kappa shape index (κ1) is 21.3. The second kappa shape index (κ2) is 8.76. The molecule has 0 spiro atoms. The highest BCUT2D eigenvalue weighted by molar-refractivity contribution is 5.98. The molecule has 28 heavy (non-hydrogen) atoms. The van der Waals surface area contributed by atoms with Crippen LogP contribution < -0.4 is 0 Å². The Kier molecular flexibility index (Phi) is 6.65. The minimum Gasteiger partial charge on any atom is -0.508 e. The Morgan fingerprint density at radius 3 is 2.36 bits per heavy atom. The molecular weight excluding hydrogens is 362 g/mol. The molecule has 1 aliphatic heterocycles. The van der Waals surface area contributed by atoms with E-state index in [-0.39, 0.29) is 29.4 Å². The summed E-state index contributed by atoms with van der Waals surface area (Å²) in [5.74, 6) is -0.410. The highest BCUT2D eigenvalue weighted by atomic mass is 16.6. The normalized spacial score (nSPS) is 15.2. The van der Waals surface area contributed by atoms with Crippen LogP contribution >= 0.6 is 0 Å². The van der Waals surface area contributed by atoms with Gasteiger partial charge in [0.2, 0.25) is 5.91 Å². The molecule has 0 atom stereocenters. The minimum atomic E-state index is -0.577. The van der Waals surface area contributed by atoms with Crippen molar-refractivity contribution in [3.63, 3.8) is 0 Å². The van der Waals surface area contributed by atoms with Crippen molar-refractivity contribution in [1.29, 1.82) is 5.26 Å². The lowest BCUT2D eigenvalue weighted by Crippen LogP contribution is -2.51. The van der Waals surface area contributed by atoms with E-state index in [2.05, 4.69) is 0 Å². The zero-order valence-corrected chi connectivity index (χ0v) is 16.3. The summed E-state index contributed by atoms with van der Waals surface area (Å²) in [7, 11) is 0. The molecule has 2 N–H and O–H groups in total. The molecule has 0 bridgehead atoms. The third kappa shape index (κ3) is 5.47. The fraction of sp³-hybridized carbons (Fsp3) is 0.450. The van der Waals surface area contributed by atoms with E-state index in [0.29, 0.717) is 31.7 Å². The lowest BCUT2D eigenvalue weighted by atomic mass is 10.0. The number of benzene rings is 1. The zero-order chi connectivity index (χ0) is 20.9. The Hall–Kier alpha value is -3.05. The van der Waals surface area contributed by atoms with Crippen LogP contribution in [0.5, 0.6) is 5.75 Å². The summed E-state index contributed by atoms with van der Waals surface area (Å²) in [5.41, 5.74) is 0.267. The van der Waals surface area contributed by atoms with Crippen molar-refractivity contribution in [3.05, 3.63) is 35.4 Å². The Morgan fingerprint density at radius 2 is 1.82 bits per heavy atom. The molecule has 1 fully saturated rings. The van der Waals surface area contributed by atoms with Gasteiger partial charge in [-0.1, -0.05) is 0 Å². The van der Waals surface area contributed by atoms with Crippen LogP contribution in [0.4, 0.5) is 4.79 Å². The predicted octanol–water partition coefficient (Wildman–Crippen LogP) is 1.87. The van der Waals surface area contributed by atoms with Gasteiger partial charge in [0.1, 0.15) is 11.4 Å². The molecule has 0 radical (unpaired) electrons. The number of ether oxygens (including phenoxy) is 1. The SMILES string of the molecule is CC(C)(C)OC(=O)N1CCN(C(=O)C=C(C#N)c2ccc(O)c(CO)c2)CC1. The molecule has 0 unspecified atom stereocenters. The number of nitriles is 1. The molecule has 150 valence electrons. The minimum absolute atomic E-state index is 0.0758. The second-order valence-corrected chi connectivity index (χ2v) is 7.46. The van der Waals surface area contributed by atoms with Crippen LogP contribution in [0.15, 0.2) is 24.3 Å². The van der Waals surface area contributed by atoms with Gasteiger partial charge in [0.15, 0.2) is 0 Å². The number of amides is 2. The Morgan fingerprint density at radius 1 is 1.21 bits per heavy atom. The summed E-state index contributed by atoms with van der Waals surface area (Å²) in [5, 5.41) is 28.3. The van der Waals surface area contributed by atoms with Crippen LogP contribution in [0.25, 0.3) is 5.57 Å². The number of rotatable bonds is 3. The van der Waals surface area contributed by atoms with Crippen molar-refractivity contribution in [2.45, 2.75) is 33.0 Å². The molecule has 0 saturated carbocycles. The number of phenols is 1. The van der Waals surface area contributed by atoms with Gasteiger partial charge >= 0.3 is 6.09 Å². The first-order chi connectivity index (χ1) is 13.1. The van der Waals surface area contributed by atoms with Gasteiger partial charge in [0, 0.05) is 37.8 Å². The van der Waals surface area contributed by atoms with Gasteiger partial charge < -0.3 is 24.7 Å². The highest BCUT2D eigenvalue weighted by Gasteiger charge is 2.27. The average Bonchev–Trinajstić information content (AvgIpc) is 2.65. The molecule has 1 aromatic rings. The molecular formula is C20H25N3O5. The number of carbonyl (C=O) groups excluding carboxylic acids is 2. The van der Waals surface area contributed by atoms with E-state index >= 15 is 0 Å². The van der Waals surface area contributed by atoms with E-state index in [1.165, 1.54) is 24.3 Å². The molecule has 2 rings (SSSR count). The van der Waals surface area contributed by atoms with Crippen molar-refractivity contribution in [2.24, 2.45) is 0 Å². The topological polar surface area (TPSA) is 114 Å². The summed E-state index contributed by atoms with van der Waals surface area (Å²) in [6.07, 6.45) is 0.824. The monoisotopic (exact) mass is 387 g/mol. The summed E-state index contributed by atoms with van der Waals surface area (Å²) in [4.78, 5) is 27.7. The smallest absolute Gasteiger partial charge is 0.410 e. The molecule has 1 aliphatic rings. The van der Waals surface area contributed by atoms with Crippen LogP contribution in [-0.2, 0) is 16.1 Å². The largest absolute Gasteiger partial charge is 0.508 e. The predicted molar refractivity (Wildman–Crippen MR) is 102 cm³/mol. The fourth-order valence-corrected chi connectivity index (χ4v) is 2.71. The molecule has 8 nitrogen and oxygen atoms in total. The summed E-state index contributed by atoms with van der Waals surface area (Å²) >= 11 is 0. The Bertz CT molecular complexity index is 812. The number of aliphatic hydroxyl groups excluding tert-OH is 1. The number of allylic oxidation sites excluding steroid dienone is 1. The zero-order valence-electron chi connectivity index (χ0n) is 16.3. The van der Waals surface area contributed by atoms with E-state index in [1.807, 2.05) is 6.07 Å². The third-order valence-corrected chi connectivity index (χ3v) is 4.19. The van der Waals surface area contributed by atoms with Crippen molar-refractivity contribution >= 4 is 17.6 Å². The maximum Gasteiger partial charge on any atom is 0.410 e. The summed E-state index contributed by atoms with van der Waals surface area (Å²) in [6.45, 7) is 6.39. The lowest BCUT2D eigenvalue weighted by molar-refractivity contribution is -0.127. The van der Waals surface area contributed by atoms with Crippen molar-refractivity contribution in [3.8, 4) is 11.8 Å². The van der Waals surface area contributed by atoms with Gasteiger partial charge in [-0.15, -0.1) is 0 Å². The number of carbonyl (C=O) groups is 2. The van der Waals surface area contributed by atoms with Crippen molar-refractivity contribution in [2.75, 3.05) is 26.2 Å². The lowest BCUT2D eigenvalue weighted by Gasteiger charge is -2.35. The average molecular weight is 387 g/mol. The van der Waals surface area contributed by atoms with Gasteiger partial charge in [0.25, 0.3) is 0 Å². The third-order valence-electron chi connectivity index (χ3n) is 4.19. The van der Waals surface area contributed by atoms with Crippen LogP contribution in [0, 0.1) is 11.3 Å².